The van der Waals surface area contributed by atoms with E-state index < -0.39 is 48.7 Å². The molecule has 8 unspecified atom stereocenters. The summed E-state index contributed by atoms with van der Waals surface area (Å²) in [4.78, 5) is 34.3. The lowest BCUT2D eigenvalue weighted by atomic mass is 9.69. The molecule has 1 amide bonds. The van der Waals surface area contributed by atoms with Crippen molar-refractivity contribution in [3.8, 4) is 29.3 Å². The summed E-state index contributed by atoms with van der Waals surface area (Å²) in [6, 6.07) is 11.4. The van der Waals surface area contributed by atoms with Gasteiger partial charge in [0.05, 0.1) is 43.4 Å². The van der Waals surface area contributed by atoms with Crippen LogP contribution in [-0.4, -0.2) is 111 Å². The van der Waals surface area contributed by atoms with Crippen LogP contribution in [0.15, 0.2) is 54.7 Å². The van der Waals surface area contributed by atoms with Gasteiger partial charge in [0.2, 0.25) is 6.29 Å². The lowest BCUT2D eigenvalue weighted by Gasteiger charge is -2.47. The molecule has 6 N–H and O–H groups in total. The molecule has 5 heterocycles. The first-order valence-electron chi connectivity index (χ1n) is 23.7. The molecule has 1 saturated carbocycles. The molecule has 12 rings (SSSR count). The fourth-order valence-electron chi connectivity index (χ4n) is 12.3. The number of carbonyl (C=O) groups is 2. The number of H-pyrrole nitrogens is 1. The van der Waals surface area contributed by atoms with E-state index in [-0.39, 0.29) is 72.9 Å². The van der Waals surface area contributed by atoms with Gasteiger partial charge in [0, 0.05) is 58.7 Å². The number of nitrogens with one attached hydrogen (secondary N) is 1. The third-order valence-electron chi connectivity index (χ3n) is 15.6. The third kappa shape index (κ3) is 6.47. The molecule has 4 aliphatic heterocycles. The Labute approximate surface area is 391 Å². The maximum Gasteiger partial charge on any atom is 0.254 e. The molecule has 4 aromatic carbocycles. The summed E-state index contributed by atoms with van der Waals surface area (Å²) in [7, 11) is 1.57. The largest absolute Gasteiger partial charge is 0.506 e. The average molecular weight is 921 g/mol. The van der Waals surface area contributed by atoms with E-state index in [9.17, 15) is 30.3 Å². The number of hydrogen-bond donors (Lipinski definition) is 6. The summed E-state index contributed by atoms with van der Waals surface area (Å²) < 4.78 is 32.7. The van der Waals surface area contributed by atoms with Gasteiger partial charge in [0.1, 0.15) is 41.7 Å². The first-order valence-corrected chi connectivity index (χ1v) is 23.7. The number of fused-ring (bicyclic) bond motifs is 8. The van der Waals surface area contributed by atoms with Crippen LogP contribution in [0.2, 0.25) is 0 Å². The standard InChI is InChI=1S/C54H52N2O12/c1-64-49-33-14-13-30-21-29-8-3-10-31(29)43-42(30)44(33)46-48(61)45(43)39(59)24-56-23-37-28(7-2-11-32(37)52(56)62)9-5-19-65-51-47(60)41-25-66-40(17-15-34(49)50(46)68-53(67-41)54(51,63)26-58)36-22-55-38-16-12-27(6-4-18-57)20-35(36)38/h2,7,11-12,15-17,20-22,29,31,40-41,47,51,53,55,57-58,60-61,63H,3-4,6,8-10,13-14,18,23-26H2,1H3. The topological polar surface area (TPSA) is 200 Å². The number of aliphatic hydroxyl groups is 4. The zero-order valence-corrected chi connectivity index (χ0v) is 37.5. The number of nitrogens with zero attached hydrogens (tertiary/aromatic N) is 1. The van der Waals surface area contributed by atoms with Gasteiger partial charge in [-0.05, 0) is 108 Å². The lowest BCUT2D eigenvalue weighted by molar-refractivity contribution is -0.328. The number of aromatic nitrogens is 1. The number of methoxy groups -OCH3 is 1. The second-order valence-corrected chi connectivity index (χ2v) is 19.3. The Morgan fingerprint density at radius 2 is 1.93 bits per heavy atom. The summed E-state index contributed by atoms with van der Waals surface area (Å²) in [6.45, 7) is -1.33. The van der Waals surface area contributed by atoms with Crippen molar-refractivity contribution in [1.29, 1.82) is 0 Å². The fourth-order valence-corrected chi connectivity index (χ4v) is 12.3. The van der Waals surface area contributed by atoms with Crippen LogP contribution in [0.25, 0.3) is 33.3 Å². The maximum absolute atomic E-state index is 15.3. The Balaban J connectivity index is 1.14. The van der Waals surface area contributed by atoms with Gasteiger partial charge in [0.15, 0.2) is 17.5 Å². The number of aliphatic hydroxyl groups excluding tert-OH is 3. The predicted molar refractivity (Wildman–Crippen MR) is 249 cm³/mol. The monoisotopic (exact) mass is 920 g/mol. The van der Waals surface area contributed by atoms with Crippen LogP contribution in [0.3, 0.4) is 0 Å². The molecule has 2 fully saturated rings. The van der Waals surface area contributed by atoms with Crippen LogP contribution >= 0.6 is 0 Å². The van der Waals surface area contributed by atoms with Gasteiger partial charge in [-0.3, -0.25) is 9.59 Å². The number of phenols is 1. The van der Waals surface area contributed by atoms with Crippen LogP contribution in [0.5, 0.6) is 17.2 Å². The van der Waals surface area contributed by atoms with E-state index in [1.165, 1.54) is 4.90 Å². The normalized spacial score (nSPS) is 27.9. The Bertz CT molecular complexity index is 3090. The van der Waals surface area contributed by atoms with Crippen LogP contribution in [0.4, 0.5) is 0 Å². The van der Waals surface area contributed by atoms with Gasteiger partial charge >= 0.3 is 0 Å². The molecular weight excluding hydrogens is 869 g/mol. The minimum absolute atomic E-state index is 0.000812. The number of ketones is 1. The number of phenolic OH excluding ortho intramolecular Hbond substituents is 1. The molecule has 1 saturated heterocycles. The maximum atomic E-state index is 15.3. The first kappa shape index (κ1) is 43.1. The van der Waals surface area contributed by atoms with Crippen molar-refractivity contribution in [3.63, 3.8) is 0 Å². The zero-order valence-electron chi connectivity index (χ0n) is 37.5. The highest BCUT2D eigenvalue weighted by atomic mass is 16.7. The molecule has 5 aromatic rings. The van der Waals surface area contributed by atoms with E-state index in [4.69, 9.17) is 23.7 Å². The van der Waals surface area contributed by atoms with Gasteiger partial charge in [-0.1, -0.05) is 42.7 Å². The van der Waals surface area contributed by atoms with Crippen molar-refractivity contribution in [2.24, 2.45) is 5.92 Å². The van der Waals surface area contributed by atoms with Crippen LogP contribution in [0, 0.1) is 17.9 Å². The minimum atomic E-state index is -2.47. The summed E-state index contributed by atoms with van der Waals surface area (Å²) >= 11 is 0. The third-order valence-corrected chi connectivity index (χ3v) is 15.6. The molecule has 1 aromatic heterocycles. The number of carbonyl (C=O) groups excluding carboxylic acids is 2. The fraction of sp³-hybridized carbons (Fsp3) is 0.407. The van der Waals surface area contributed by atoms with Crippen LogP contribution in [-0.2, 0) is 40.0 Å². The average Bonchev–Trinajstić information content (AvgIpc) is 4.07. The Hall–Kier alpha value is -6.18. The zero-order chi connectivity index (χ0) is 46.6. The molecule has 8 bridgehead atoms. The number of allylic oxidation sites excluding steroid dienone is 2. The molecule has 0 spiro atoms. The number of aromatic hydroxyl groups is 1. The van der Waals surface area contributed by atoms with Gasteiger partial charge in [-0.2, -0.15) is 0 Å². The van der Waals surface area contributed by atoms with Crippen LogP contribution < -0.4 is 9.47 Å². The van der Waals surface area contributed by atoms with Crippen molar-refractivity contribution in [2.75, 3.05) is 33.5 Å². The molecule has 350 valence electrons. The van der Waals surface area contributed by atoms with E-state index in [1.807, 2.05) is 30.5 Å². The summed E-state index contributed by atoms with van der Waals surface area (Å²) in [5, 5.41) is 60.5. The molecule has 14 nitrogen and oxygen atoms in total. The van der Waals surface area contributed by atoms with Crippen molar-refractivity contribution < 1.29 is 58.8 Å². The number of Topliss-reactive ketones (excluding diaryl/α,β-unsaturated/α-hetero) is 1. The first-order chi connectivity index (χ1) is 33.1. The van der Waals surface area contributed by atoms with E-state index >= 15 is 4.79 Å². The Kier molecular flexibility index (Phi) is 10.5. The number of aryl methyl sites for hydroxylation is 2. The highest BCUT2D eigenvalue weighted by Gasteiger charge is 2.59. The Morgan fingerprint density at radius 3 is 2.76 bits per heavy atom. The second kappa shape index (κ2) is 16.5. The number of benzene rings is 4. The lowest BCUT2D eigenvalue weighted by Crippen LogP contribution is -2.70. The quantitative estimate of drug-likeness (QED) is 0.110. The number of amides is 1. The Morgan fingerprint density at radius 1 is 1.04 bits per heavy atom. The molecular formula is C54H52N2O12. The van der Waals surface area contributed by atoms with Gasteiger partial charge < -0.3 is 59.1 Å². The number of rotatable bonds is 6. The predicted octanol–water partition coefficient (Wildman–Crippen LogP) is 5.90. The summed E-state index contributed by atoms with van der Waals surface area (Å²) in [5.41, 5.74) is 6.04. The van der Waals surface area contributed by atoms with Crippen molar-refractivity contribution >= 4 is 45.0 Å². The highest BCUT2D eigenvalue weighted by molar-refractivity contribution is 6.17. The van der Waals surface area contributed by atoms with Gasteiger partial charge in [0.25, 0.3) is 5.91 Å². The second-order valence-electron chi connectivity index (χ2n) is 19.3. The smallest absolute Gasteiger partial charge is 0.254 e. The van der Waals surface area contributed by atoms with Crippen molar-refractivity contribution in [3.05, 3.63) is 110 Å². The molecule has 3 aliphatic carbocycles. The number of aromatic amines is 1. The van der Waals surface area contributed by atoms with E-state index in [1.54, 1.807) is 25.3 Å². The minimum Gasteiger partial charge on any atom is -0.506 e. The van der Waals surface area contributed by atoms with E-state index in [0.29, 0.717) is 47.9 Å². The molecule has 0 radical (unpaired) electrons. The van der Waals surface area contributed by atoms with E-state index in [0.717, 1.165) is 74.7 Å². The summed E-state index contributed by atoms with van der Waals surface area (Å²) in [5.74, 6) is 2.48. The van der Waals surface area contributed by atoms with E-state index in [2.05, 4.69) is 29.2 Å². The SMILES string of the molecule is COc1c2c3c4c(O)c(c5c6c4c1CCC6=CC1CCCC51)C(=O)CN1Cc4c(cccc4C1=O)CC#COC1C(O)C(COC(c4c[nH]c5ccc(CCCO)cc45)C=C2)OC(O3)C1(O)CO. The molecule has 68 heavy (non-hydrogen) atoms. The van der Waals surface area contributed by atoms with Crippen molar-refractivity contribution in [1.82, 2.24) is 9.88 Å². The molecule has 8 atom stereocenters. The highest BCUT2D eigenvalue weighted by Crippen LogP contribution is 2.60. The van der Waals surface area contributed by atoms with Gasteiger partial charge in [-0.25, -0.2) is 0 Å². The molecule has 14 heteroatoms. The number of hydrogen-bond acceptors (Lipinski definition) is 12. The molecule has 7 aliphatic rings. The van der Waals surface area contributed by atoms with Crippen LogP contribution in [0.1, 0.15) is 109 Å². The van der Waals surface area contributed by atoms with Crippen molar-refractivity contribution in [2.45, 2.75) is 100 Å². The number of ether oxygens (including phenoxy) is 5. The van der Waals surface area contributed by atoms with Gasteiger partial charge in [-0.15, -0.1) is 0 Å². The summed E-state index contributed by atoms with van der Waals surface area (Å²) in [6.07, 6.45) is 8.72.